The number of aliphatic carboxylic acids is 1. The summed E-state index contributed by atoms with van der Waals surface area (Å²) in [4.78, 5) is 37.8. The van der Waals surface area contributed by atoms with Gasteiger partial charge in [0, 0.05) is 37.8 Å². The smallest absolute Gasteiger partial charge is 0.475 e. The fourth-order valence-electron chi connectivity index (χ4n) is 4.73. The molecule has 2 aromatic heterocycles. The number of para-hydroxylation sites is 1. The van der Waals surface area contributed by atoms with Gasteiger partial charge in [-0.1, -0.05) is 24.3 Å². The topological polar surface area (TPSA) is 130 Å². The van der Waals surface area contributed by atoms with E-state index in [1.807, 2.05) is 74.4 Å². The number of carboxylic acids is 1. The van der Waals surface area contributed by atoms with Crippen LogP contribution < -0.4 is 20.3 Å². The molecule has 1 amide bonds. The minimum atomic E-state index is -5.08. The van der Waals surface area contributed by atoms with Crippen molar-refractivity contribution in [3.63, 3.8) is 0 Å². The second-order valence-corrected chi connectivity index (χ2v) is 10.5. The zero-order valence-corrected chi connectivity index (χ0v) is 24.4. The largest absolute Gasteiger partial charge is 0.490 e. The van der Waals surface area contributed by atoms with E-state index in [9.17, 15) is 18.0 Å². The van der Waals surface area contributed by atoms with Gasteiger partial charge in [-0.2, -0.15) is 18.2 Å². The predicted octanol–water partition coefficient (Wildman–Crippen LogP) is 5.98. The lowest BCUT2D eigenvalue weighted by molar-refractivity contribution is -0.192. The third-order valence-corrected chi connectivity index (χ3v) is 6.86. The molecule has 44 heavy (non-hydrogen) atoms. The Morgan fingerprint density at radius 3 is 2.30 bits per heavy atom. The van der Waals surface area contributed by atoms with Crippen LogP contribution in [0.25, 0.3) is 10.9 Å². The van der Waals surface area contributed by atoms with Crippen LogP contribution in [0.5, 0.6) is 11.6 Å². The first kappa shape index (κ1) is 32.0. The number of ether oxygens (including phenoxy) is 1. The van der Waals surface area contributed by atoms with Gasteiger partial charge in [-0.3, -0.25) is 4.79 Å². The van der Waals surface area contributed by atoms with Gasteiger partial charge in [0.2, 0.25) is 11.8 Å². The number of benzene rings is 2. The number of nitrogens with one attached hydrogen (secondary N) is 2. The number of aromatic nitrogens is 3. The second-order valence-electron chi connectivity index (χ2n) is 10.5. The molecule has 1 saturated carbocycles. The molecule has 232 valence electrons. The Bertz CT molecular complexity index is 1610. The van der Waals surface area contributed by atoms with E-state index in [4.69, 9.17) is 24.6 Å². The molecule has 1 aliphatic rings. The Kier molecular flexibility index (Phi) is 10.2. The number of fused-ring (bicyclic) bond motifs is 1. The molecule has 0 saturated heterocycles. The Morgan fingerprint density at radius 2 is 1.64 bits per heavy atom. The van der Waals surface area contributed by atoms with Gasteiger partial charge in [0.05, 0.1) is 5.52 Å². The number of carboxylic acid groups (broad SMARTS) is 1. The average molecular weight is 611 g/mol. The minimum Gasteiger partial charge on any atom is -0.475 e. The maximum atomic E-state index is 13.1. The summed E-state index contributed by atoms with van der Waals surface area (Å²) in [5, 5.41) is 14.9. The van der Waals surface area contributed by atoms with Gasteiger partial charge in [0.25, 0.3) is 5.91 Å². The van der Waals surface area contributed by atoms with E-state index in [1.165, 1.54) is 0 Å². The highest BCUT2D eigenvalue weighted by molar-refractivity contribution is 5.96. The molecule has 10 nitrogen and oxygen atoms in total. The third kappa shape index (κ3) is 8.55. The van der Waals surface area contributed by atoms with Crippen LogP contribution in [-0.4, -0.2) is 64.3 Å². The fraction of sp³-hybridized carbons (Fsp3) is 0.323. The van der Waals surface area contributed by atoms with Crippen molar-refractivity contribution in [3.8, 4) is 11.6 Å². The number of carbonyl (C=O) groups is 2. The number of alkyl halides is 3. The number of amides is 1. The number of hydrogen-bond donors (Lipinski definition) is 3. The fourth-order valence-corrected chi connectivity index (χ4v) is 4.73. The van der Waals surface area contributed by atoms with Gasteiger partial charge < -0.3 is 25.4 Å². The zero-order valence-electron chi connectivity index (χ0n) is 24.4. The second kappa shape index (κ2) is 14.0. The molecule has 0 aliphatic heterocycles. The monoisotopic (exact) mass is 610 g/mol. The molecule has 1 fully saturated rings. The van der Waals surface area contributed by atoms with E-state index < -0.39 is 12.1 Å². The van der Waals surface area contributed by atoms with Crippen molar-refractivity contribution in [3.05, 3.63) is 78.0 Å². The number of carbonyl (C=O) groups excluding carboxylic acids is 1. The van der Waals surface area contributed by atoms with E-state index >= 15 is 0 Å². The van der Waals surface area contributed by atoms with Crippen molar-refractivity contribution in [2.24, 2.45) is 0 Å². The van der Waals surface area contributed by atoms with Crippen LogP contribution in [0.3, 0.4) is 0 Å². The van der Waals surface area contributed by atoms with E-state index in [0.717, 1.165) is 48.0 Å². The van der Waals surface area contributed by atoms with Gasteiger partial charge in [-0.15, -0.1) is 0 Å². The van der Waals surface area contributed by atoms with E-state index in [1.54, 1.807) is 18.3 Å². The summed E-state index contributed by atoms with van der Waals surface area (Å²) in [6.45, 7) is 2.00. The highest BCUT2D eigenvalue weighted by Crippen LogP contribution is 2.28. The highest BCUT2D eigenvalue weighted by Gasteiger charge is 2.38. The summed E-state index contributed by atoms with van der Waals surface area (Å²) in [5.41, 5.74) is 2.44. The quantitative estimate of drug-likeness (QED) is 0.231. The molecule has 1 aliphatic carbocycles. The summed E-state index contributed by atoms with van der Waals surface area (Å²) in [7, 11) is 3.98. The Labute approximate surface area is 252 Å². The molecule has 0 radical (unpaired) electrons. The Hall–Kier alpha value is -4.94. The summed E-state index contributed by atoms with van der Waals surface area (Å²) in [6.07, 6.45) is 0.114. The molecular formula is C31H33F3N6O4. The van der Waals surface area contributed by atoms with Crippen molar-refractivity contribution >= 4 is 34.5 Å². The number of rotatable bonds is 7. The molecule has 3 N–H and O–H groups in total. The third-order valence-electron chi connectivity index (χ3n) is 6.86. The highest BCUT2D eigenvalue weighted by atomic mass is 19.4. The lowest BCUT2D eigenvalue weighted by Gasteiger charge is -2.30. The number of pyridine rings is 1. The molecule has 2 aromatic carbocycles. The predicted molar refractivity (Wildman–Crippen MR) is 160 cm³/mol. The van der Waals surface area contributed by atoms with Crippen LogP contribution >= 0.6 is 0 Å². The zero-order chi connectivity index (χ0) is 31.9. The molecule has 2 heterocycles. The minimum absolute atomic E-state index is 0.0902. The number of nitrogens with zero attached hydrogens (tertiary/aromatic N) is 4. The molecule has 5 rings (SSSR count). The van der Waals surface area contributed by atoms with Crippen LogP contribution in [0.1, 0.15) is 41.6 Å². The SMILES string of the molecule is Cc1cccc(Oc2ncccc2C(=O)NC2CCC(Nc3nc(N(C)C)c4ccccc4n3)CC2)c1.O=C(O)C(F)(F)F. The Morgan fingerprint density at radius 1 is 0.955 bits per heavy atom. The van der Waals surface area contributed by atoms with Crippen LogP contribution in [0.2, 0.25) is 0 Å². The van der Waals surface area contributed by atoms with Crippen molar-refractivity contribution in [2.45, 2.75) is 50.9 Å². The molecule has 4 aromatic rings. The van der Waals surface area contributed by atoms with Gasteiger partial charge >= 0.3 is 12.1 Å². The van der Waals surface area contributed by atoms with Gasteiger partial charge in [0.15, 0.2) is 0 Å². The van der Waals surface area contributed by atoms with Gasteiger partial charge in [0.1, 0.15) is 17.1 Å². The van der Waals surface area contributed by atoms with Crippen molar-refractivity contribution in [1.29, 1.82) is 0 Å². The van der Waals surface area contributed by atoms with E-state index in [2.05, 4.69) is 15.6 Å². The van der Waals surface area contributed by atoms with Crippen molar-refractivity contribution < 1.29 is 32.6 Å². The molecular weight excluding hydrogens is 577 g/mol. The summed E-state index contributed by atoms with van der Waals surface area (Å²) < 4.78 is 37.7. The molecule has 0 unspecified atom stereocenters. The average Bonchev–Trinajstić information content (AvgIpc) is 2.98. The van der Waals surface area contributed by atoms with Crippen LogP contribution in [-0.2, 0) is 4.79 Å². The lowest BCUT2D eigenvalue weighted by atomic mass is 9.91. The van der Waals surface area contributed by atoms with Crippen LogP contribution in [0, 0.1) is 6.92 Å². The summed E-state index contributed by atoms with van der Waals surface area (Å²) in [5.74, 6) is -0.413. The first-order valence-electron chi connectivity index (χ1n) is 13.9. The molecule has 0 atom stereocenters. The maximum absolute atomic E-state index is 13.1. The molecule has 0 bridgehead atoms. The number of aryl methyl sites for hydroxylation is 1. The van der Waals surface area contributed by atoms with Gasteiger partial charge in [-0.05, 0) is 74.6 Å². The standard InChI is InChI=1S/C29H32N6O2.C2HF3O2/c1-19-8-6-9-22(18-19)37-28-24(11-7-17-30-28)27(36)31-20-13-15-21(16-14-20)32-29-33-25-12-5-4-10-23(25)26(34-29)35(2)3;3-2(4,5)1(6)7/h4-12,17-18,20-21H,13-16H2,1-3H3,(H,31,36)(H,32,33,34);(H,6,7). The first-order chi connectivity index (χ1) is 20.9. The normalized spacial score (nSPS) is 16.3. The van der Waals surface area contributed by atoms with Crippen LogP contribution in [0.4, 0.5) is 24.9 Å². The summed E-state index contributed by atoms with van der Waals surface area (Å²) in [6, 6.07) is 19.6. The number of anilines is 2. The van der Waals surface area contributed by atoms with Crippen molar-refractivity contribution in [1.82, 2.24) is 20.3 Å². The summed E-state index contributed by atoms with van der Waals surface area (Å²) >= 11 is 0. The van der Waals surface area contributed by atoms with Crippen LogP contribution in [0.15, 0.2) is 66.9 Å². The first-order valence-corrected chi connectivity index (χ1v) is 13.9. The molecule has 0 spiro atoms. The van der Waals surface area contributed by atoms with E-state index in [-0.39, 0.29) is 18.0 Å². The van der Waals surface area contributed by atoms with E-state index in [0.29, 0.717) is 23.1 Å². The maximum Gasteiger partial charge on any atom is 0.490 e. The lowest BCUT2D eigenvalue weighted by Crippen LogP contribution is -2.40. The van der Waals surface area contributed by atoms with Crippen molar-refractivity contribution in [2.75, 3.05) is 24.3 Å². The number of halogens is 3. The molecule has 13 heteroatoms. The Balaban J connectivity index is 0.000000566. The number of hydrogen-bond acceptors (Lipinski definition) is 8. The van der Waals surface area contributed by atoms with Gasteiger partial charge in [-0.25, -0.2) is 14.8 Å².